The predicted molar refractivity (Wildman–Crippen MR) is 69.1 cm³/mol. The molecular weight excluding hydrogens is 214 g/mol. The molecule has 2 amide bonds. The molecule has 2 rings (SSSR count). The van der Waals surface area contributed by atoms with Crippen LogP contribution in [0.2, 0.25) is 0 Å². The molecule has 0 unspecified atom stereocenters. The van der Waals surface area contributed by atoms with Gasteiger partial charge in [-0.15, -0.1) is 0 Å². The maximum absolute atomic E-state index is 12.4. The SMILES string of the molecule is CN(C)[C@@H]1CCN(C(=O)N2CCCCCC2)C1. The Hall–Kier alpha value is -0.770. The van der Waals surface area contributed by atoms with Crippen molar-refractivity contribution < 1.29 is 4.79 Å². The summed E-state index contributed by atoms with van der Waals surface area (Å²) in [6, 6.07) is 0.821. The van der Waals surface area contributed by atoms with E-state index < -0.39 is 0 Å². The van der Waals surface area contributed by atoms with Crippen molar-refractivity contribution in [3.63, 3.8) is 0 Å². The highest BCUT2D eigenvalue weighted by molar-refractivity contribution is 5.74. The molecule has 0 bridgehead atoms. The van der Waals surface area contributed by atoms with Crippen LogP contribution in [0.3, 0.4) is 0 Å². The van der Waals surface area contributed by atoms with E-state index in [0.29, 0.717) is 6.04 Å². The van der Waals surface area contributed by atoms with Crippen molar-refractivity contribution >= 4 is 6.03 Å². The van der Waals surface area contributed by atoms with Crippen LogP contribution in [0.15, 0.2) is 0 Å². The molecule has 17 heavy (non-hydrogen) atoms. The molecule has 4 nitrogen and oxygen atoms in total. The van der Waals surface area contributed by atoms with Gasteiger partial charge in [0.1, 0.15) is 0 Å². The van der Waals surface area contributed by atoms with E-state index in [2.05, 4.69) is 23.9 Å². The Morgan fingerprint density at radius 3 is 2.18 bits per heavy atom. The second kappa shape index (κ2) is 5.71. The number of hydrogen-bond donors (Lipinski definition) is 0. The first-order valence-corrected chi connectivity index (χ1v) is 6.89. The molecule has 2 saturated heterocycles. The number of urea groups is 1. The molecule has 1 atom stereocenters. The maximum atomic E-state index is 12.4. The summed E-state index contributed by atoms with van der Waals surface area (Å²) in [7, 11) is 4.20. The van der Waals surface area contributed by atoms with Crippen LogP contribution >= 0.6 is 0 Å². The second-order valence-electron chi connectivity index (χ2n) is 5.54. The molecular formula is C13H25N3O. The van der Waals surface area contributed by atoms with Crippen LogP contribution in [0.1, 0.15) is 32.1 Å². The molecule has 2 aliphatic rings. The molecule has 4 heteroatoms. The highest BCUT2D eigenvalue weighted by atomic mass is 16.2. The number of carbonyl (C=O) groups is 1. The molecule has 0 radical (unpaired) electrons. The van der Waals surface area contributed by atoms with E-state index in [1.807, 2.05) is 4.90 Å². The summed E-state index contributed by atoms with van der Waals surface area (Å²) in [5, 5.41) is 0. The summed E-state index contributed by atoms with van der Waals surface area (Å²) in [6.07, 6.45) is 6.04. The minimum Gasteiger partial charge on any atom is -0.325 e. The maximum Gasteiger partial charge on any atom is 0.320 e. The van der Waals surface area contributed by atoms with Crippen molar-refractivity contribution in [2.45, 2.75) is 38.1 Å². The van der Waals surface area contributed by atoms with Gasteiger partial charge in [-0.1, -0.05) is 12.8 Å². The van der Waals surface area contributed by atoms with Crippen LogP contribution in [0.5, 0.6) is 0 Å². The lowest BCUT2D eigenvalue weighted by Crippen LogP contribution is -2.43. The average Bonchev–Trinajstić information content (AvgIpc) is 2.65. The van der Waals surface area contributed by atoms with E-state index in [1.54, 1.807) is 0 Å². The van der Waals surface area contributed by atoms with Crippen LogP contribution in [-0.2, 0) is 0 Å². The van der Waals surface area contributed by atoms with Crippen LogP contribution < -0.4 is 0 Å². The third-order valence-electron chi connectivity index (χ3n) is 4.04. The first-order chi connectivity index (χ1) is 8.18. The highest BCUT2D eigenvalue weighted by Crippen LogP contribution is 2.17. The van der Waals surface area contributed by atoms with E-state index in [9.17, 15) is 4.79 Å². The van der Waals surface area contributed by atoms with Gasteiger partial charge in [-0.05, 0) is 33.4 Å². The summed E-state index contributed by atoms with van der Waals surface area (Å²) in [5.41, 5.74) is 0. The minimum atomic E-state index is 0.274. The molecule has 0 aromatic carbocycles. The number of hydrogen-bond acceptors (Lipinski definition) is 2. The minimum absolute atomic E-state index is 0.274. The lowest BCUT2D eigenvalue weighted by Gasteiger charge is -2.27. The number of rotatable bonds is 1. The van der Waals surface area contributed by atoms with Crippen molar-refractivity contribution in [2.75, 3.05) is 40.3 Å². The zero-order valence-corrected chi connectivity index (χ0v) is 11.2. The molecule has 2 aliphatic heterocycles. The van der Waals surface area contributed by atoms with Gasteiger partial charge < -0.3 is 14.7 Å². The Balaban J connectivity index is 1.87. The molecule has 98 valence electrons. The van der Waals surface area contributed by atoms with Gasteiger partial charge in [0.25, 0.3) is 0 Å². The topological polar surface area (TPSA) is 26.8 Å². The number of carbonyl (C=O) groups excluding carboxylic acids is 1. The van der Waals surface area contributed by atoms with Gasteiger partial charge in [-0.25, -0.2) is 4.79 Å². The Labute approximate surface area is 105 Å². The van der Waals surface area contributed by atoms with E-state index in [4.69, 9.17) is 0 Å². The summed E-state index contributed by atoms with van der Waals surface area (Å²) in [5.74, 6) is 0. The fraction of sp³-hybridized carbons (Fsp3) is 0.923. The third-order valence-corrected chi connectivity index (χ3v) is 4.04. The predicted octanol–water partition coefficient (Wildman–Crippen LogP) is 1.62. The first kappa shape index (κ1) is 12.7. The number of amides is 2. The second-order valence-corrected chi connectivity index (χ2v) is 5.54. The van der Waals surface area contributed by atoms with Gasteiger partial charge in [-0.2, -0.15) is 0 Å². The number of nitrogens with zero attached hydrogens (tertiary/aromatic N) is 3. The summed E-state index contributed by atoms with van der Waals surface area (Å²) in [4.78, 5) is 18.7. The highest BCUT2D eigenvalue weighted by Gasteiger charge is 2.30. The number of likely N-dealkylation sites (N-methyl/N-ethyl adjacent to an activating group) is 1. The van der Waals surface area contributed by atoms with Crippen molar-refractivity contribution in [1.82, 2.24) is 14.7 Å². The van der Waals surface area contributed by atoms with Crippen LogP contribution in [0, 0.1) is 0 Å². The zero-order chi connectivity index (χ0) is 12.3. The van der Waals surface area contributed by atoms with Gasteiger partial charge in [-0.3, -0.25) is 0 Å². The smallest absolute Gasteiger partial charge is 0.320 e. The van der Waals surface area contributed by atoms with Crippen molar-refractivity contribution in [3.05, 3.63) is 0 Å². The molecule has 2 heterocycles. The fourth-order valence-electron chi connectivity index (χ4n) is 2.80. The Bertz CT molecular complexity index is 259. The fourth-order valence-corrected chi connectivity index (χ4v) is 2.80. The van der Waals surface area contributed by atoms with E-state index in [1.165, 1.54) is 25.7 Å². The molecule has 0 N–H and O–H groups in total. The summed E-state index contributed by atoms with van der Waals surface area (Å²) < 4.78 is 0. The van der Waals surface area contributed by atoms with E-state index in [0.717, 1.165) is 32.6 Å². The molecule has 0 aromatic heterocycles. The summed E-state index contributed by atoms with van der Waals surface area (Å²) >= 11 is 0. The van der Waals surface area contributed by atoms with Crippen LogP contribution in [0.25, 0.3) is 0 Å². The third kappa shape index (κ3) is 3.12. The largest absolute Gasteiger partial charge is 0.325 e. The quantitative estimate of drug-likeness (QED) is 0.695. The number of likely N-dealkylation sites (tertiary alicyclic amines) is 2. The first-order valence-electron chi connectivity index (χ1n) is 6.89. The lowest BCUT2D eigenvalue weighted by atomic mass is 10.2. The van der Waals surface area contributed by atoms with Gasteiger partial charge in [0.15, 0.2) is 0 Å². The van der Waals surface area contributed by atoms with Crippen molar-refractivity contribution in [3.8, 4) is 0 Å². The van der Waals surface area contributed by atoms with E-state index in [-0.39, 0.29) is 6.03 Å². The van der Waals surface area contributed by atoms with Crippen LogP contribution in [0.4, 0.5) is 4.79 Å². The monoisotopic (exact) mass is 239 g/mol. The van der Waals surface area contributed by atoms with Crippen molar-refractivity contribution in [2.24, 2.45) is 0 Å². The lowest BCUT2D eigenvalue weighted by molar-refractivity contribution is 0.160. The van der Waals surface area contributed by atoms with E-state index >= 15 is 0 Å². The zero-order valence-electron chi connectivity index (χ0n) is 11.2. The van der Waals surface area contributed by atoms with Crippen LogP contribution in [-0.4, -0.2) is 67.0 Å². The average molecular weight is 239 g/mol. The normalized spacial score (nSPS) is 26.4. The molecule has 0 aliphatic carbocycles. The van der Waals surface area contributed by atoms with Gasteiger partial charge in [0, 0.05) is 32.2 Å². The Morgan fingerprint density at radius 1 is 1.00 bits per heavy atom. The Morgan fingerprint density at radius 2 is 1.65 bits per heavy atom. The van der Waals surface area contributed by atoms with Gasteiger partial charge >= 0.3 is 6.03 Å². The van der Waals surface area contributed by atoms with Gasteiger partial charge in [0.2, 0.25) is 0 Å². The standard InChI is InChI=1S/C13H25N3O/c1-14(2)12-7-10-16(11-12)13(17)15-8-5-3-4-6-9-15/h12H,3-11H2,1-2H3/t12-/m1/s1. The molecule has 0 aromatic rings. The molecule has 2 fully saturated rings. The molecule has 0 saturated carbocycles. The van der Waals surface area contributed by atoms with Crippen molar-refractivity contribution in [1.29, 1.82) is 0 Å². The van der Waals surface area contributed by atoms with Gasteiger partial charge in [0.05, 0.1) is 0 Å². The molecule has 0 spiro atoms. The Kier molecular flexibility index (Phi) is 4.26. The summed E-state index contributed by atoms with van der Waals surface area (Å²) in [6.45, 7) is 3.75.